The zero-order chi connectivity index (χ0) is 20.8. The minimum atomic E-state index is -3.89. The van der Waals surface area contributed by atoms with E-state index in [0.717, 1.165) is 15.7 Å². The number of aromatic nitrogens is 3. The number of amides is 1. The van der Waals surface area contributed by atoms with Gasteiger partial charge in [0.25, 0.3) is 15.9 Å². The molecule has 4 rings (SSSR count). The summed E-state index contributed by atoms with van der Waals surface area (Å²) < 4.78 is 32.0. The second-order valence-electron chi connectivity index (χ2n) is 6.51. The zero-order valence-electron chi connectivity index (χ0n) is 16.0. The van der Waals surface area contributed by atoms with E-state index in [2.05, 4.69) is 20.3 Å². The number of imidazole rings is 1. The fourth-order valence-electron chi connectivity index (χ4n) is 3.22. The first-order valence-corrected chi connectivity index (χ1v) is 10.2. The van der Waals surface area contributed by atoms with Crippen LogP contribution in [0, 0.1) is 6.92 Å². The highest BCUT2D eigenvalue weighted by atomic mass is 32.2. The Morgan fingerprint density at radius 2 is 1.90 bits per heavy atom. The van der Waals surface area contributed by atoms with Crippen LogP contribution in [0.25, 0.3) is 17.1 Å². The Morgan fingerprint density at radius 3 is 2.59 bits per heavy atom. The molecule has 0 bridgehead atoms. The van der Waals surface area contributed by atoms with Crippen LogP contribution in [-0.4, -0.2) is 47.7 Å². The smallest absolute Gasteiger partial charge is 0.279 e. The first-order chi connectivity index (χ1) is 13.8. The molecule has 0 fully saturated rings. The molecule has 3 N–H and O–H groups in total. The molecule has 0 spiro atoms. The molecule has 0 atom stereocenters. The normalized spacial score (nSPS) is 15.2. The van der Waals surface area contributed by atoms with Crippen molar-refractivity contribution >= 4 is 27.6 Å². The van der Waals surface area contributed by atoms with Crippen LogP contribution in [0.5, 0.6) is 0 Å². The Hall–Kier alpha value is -3.53. The summed E-state index contributed by atoms with van der Waals surface area (Å²) in [5.41, 5.74) is 2.70. The molecule has 1 amide bonds. The van der Waals surface area contributed by atoms with Crippen molar-refractivity contribution < 1.29 is 17.9 Å². The number of aromatic amines is 2. The topological polar surface area (TPSA) is 120 Å². The number of methoxy groups -OCH3 is 1. The zero-order valence-corrected chi connectivity index (χ0v) is 16.8. The molecule has 9 nitrogen and oxygen atoms in total. The number of ether oxygens (including phenoxy) is 1. The molecule has 10 heteroatoms. The van der Waals surface area contributed by atoms with Crippen molar-refractivity contribution in [3.05, 3.63) is 59.5 Å². The molecule has 29 heavy (non-hydrogen) atoms. The molecular weight excluding hydrogens is 394 g/mol. The average Bonchev–Trinajstić information content (AvgIpc) is 3.33. The number of anilines is 1. The van der Waals surface area contributed by atoms with E-state index in [1.54, 1.807) is 24.4 Å². The van der Waals surface area contributed by atoms with Gasteiger partial charge < -0.3 is 14.7 Å². The number of likely N-dealkylation sites (N-methyl/N-ethyl adjacent to an activating group) is 1. The molecule has 150 valence electrons. The number of benzene rings is 1. The van der Waals surface area contributed by atoms with Gasteiger partial charge in [0.2, 0.25) is 5.95 Å². The van der Waals surface area contributed by atoms with Crippen LogP contribution in [0.4, 0.5) is 5.95 Å². The first kappa shape index (κ1) is 18.8. The van der Waals surface area contributed by atoms with Gasteiger partial charge in [-0.3, -0.25) is 14.4 Å². The maximum Gasteiger partial charge on any atom is 0.279 e. The molecule has 3 aromatic rings. The number of nitrogens with zero attached hydrogens (tertiary/aromatic N) is 2. The van der Waals surface area contributed by atoms with E-state index < -0.39 is 15.9 Å². The summed E-state index contributed by atoms with van der Waals surface area (Å²) in [7, 11) is -1.18. The average molecular weight is 413 g/mol. The number of carbonyl (C=O) groups is 1. The number of sulfonamides is 1. The number of hydrogen-bond donors (Lipinski definition) is 3. The van der Waals surface area contributed by atoms with E-state index in [1.165, 1.54) is 20.2 Å². The van der Waals surface area contributed by atoms with Crippen molar-refractivity contribution in [3.63, 3.8) is 0 Å². The molecule has 2 aromatic heterocycles. The van der Waals surface area contributed by atoms with Crippen molar-refractivity contribution in [2.24, 2.45) is 0 Å². The lowest BCUT2D eigenvalue weighted by molar-refractivity contribution is -0.113. The molecule has 1 aliphatic rings. The second-order valence-corrected chi connectivity index (χ2v) is 8.44. The van der Waals surface area contributed by atoms with Gasteiger partial charge in [-0.15, -0.1) is 0 Å². The van der Waals surface area contributed by atoms with E-state index >= 15 is 0 Å². The largest absolute Gasteiger partial charge is 0.494 e. The standard InChI is InChI=1S/C19H19N5O4S/c1-11-8-9-13(21-11)14-10-20-19(22-14)23-18(25)16-17(28-3)12-6-4-5-7-15(12)29(26,27)24(16)2/h4-10,21H,1-3H3,(H2,20,22,23,25). The summed E-state index contributed by atoms with van der Waals surface area (Å²) >= 11 is 0. The molecule has 0 unspecified atom stereocenters. The van der Waals surface area contributed by atoms with E-state index in [0.29, 0.717) is 11.3 Å². The van der Waals surface area contributed by atoms with Gasteiger partial charge in [0.15, 0.2) is 11.5 Å². The minimum absolute atomic E-state index is 0.0818. The van der Waals surface area contributed by atoms with Gasteiger partial charge in [0.1, 0.15) is 0 Å². The summed E-state index contributed by atoms with van der Waals surface area (Å²) in [4.78, 5) is 23.4. The number of rotatable bonds is 4. The molecule has 1 aliphatic heterocycles. The number of hydrogen-bond acceptors (Lipinski definition) is 5. The van der Waals surface area contributed by atoms with Gasteiger partial charge in [0, 0.05) is 18.3 Å². The third-order valence-corrected chi connectivity index (χ3v) is 6.46. The third kappa shape index (κ3) is 3.07. The summed E-state index contributed by atoms with van der Waals surface area (Å²) in [5, 5.41) is 2.61. The predicted octanol–water partition coefficient (Wildman–Crippen LogP) is 2.30. The number of nitrogens with one attached hydrogen (secondary N) is 3. The molecule has 1 aromatic carbocycles. The number of fused-ring (bicyclic) bond motifs is 1. The van der Waals surface area contributed by atoms with Crippen LogP contribution in [0.1, 0.15) is 11.3 Å². The van der Waals surface area contributed by atoms with Crippen LogP contribution >= 0.6 is 0 Å². The summed E-state index contributed by atoms with van der Waals surface area (Å²) in [5.74, 6) is -0.307. The monoisotopic (exact) mass is 413 g/mol. The van der Waals surface area contributed by atoms with Gasteiger partial charge in [-0.25, -0.2) is 13.4 Å². The van der Waals surface area contributed by atoms with E-state index in [4.69, 9.17) is 4.74 Å². The maximum absolute atomic E-state index is 13.0. The number of carbonyl (C=O) groups excluding carboxylic acids is 1. The third-order valence-electron chi connectivity index (χ3n) is 4.65. The SMILES string of the molecule is COC1=C(C(=O)Nc2ncc(-c3ccc(C)[nH]3)[nH]2)N(C)S(=O)(=O)c2ccccc21. The van der Waals surface area contributed by atoms with Gasteiger partial charge in [0.05, 0.1) is 29.6 Å². The van der Waals surface area contributed by atoms with Crippen molar-refractivity contribution in [1.29, 1.82) is 0 Å². The van der Waals surface area contributed by atoms with Crippen LogP contribution in [0.3, 0.4) is 0 Å². The Morgan fingerprint density at radius 1 is 1.14 bits per heavy atom. The highest BCUT2D eigenvalue weighted by Crippen LogP contribution is 2.36. The Bertz CT molecular complexity index is 1240. The van der Waals surface area contributed by atoms with Crippen LogP contribution in [0.2, 0.25) is 0 Å². The first-order valence-electron chi connectivity index (χ1n) is 8.72. The Labute approximate surface area is 167 Å². The molecule has 0 radical (unpaired) electrons. The second kappa shape index (κ2) is 6.82. The summed E-state index contributed by atoms with van der Waals surface area (Å²) in [6.07, 6.45) is 1.57. The number of H-pyrrole nitrogens is 2. The lowest BCUT2D eigenvalue weighted by Gasteiger charge is -2.29. The van der Waals surface area contributed by atoms with Gasteiger partial charge in [-0.05, 0) is 31.2 Å². The lowest BCUT2D eigenvalue weighted by atomic mass is 10.1. The van der Waals surface area contributed by atoms with Crippen molar-refractivity contribution in [2.45, 2.75) is 11.8 Å². The molecule has 0 aliphatic carbocycles. The lowest BCUT2D eigenvalue weighted by Crippen LogP contribution is -2.37. The Balaban J connectivity index is 1.71. The van der Waals surface area contributed by atoms with Crippen molar-refractivity contribution in [3.8, 4) is 11.4 Å². The highest BCUT2D eigenvalue weighted by molar-refractivity contribution is 7.89. The fraction of sp³-hybridized carbons (Fsp3) is 0.158. The molecule has 0 saturated heterocycles. The quantitative estimate of drug-likeness (QED) is 0.606. The van der Waals surface area contributed by atoms with Crippen LogP contribution in [-0.2, 0) is 19.6 Å². The van der Waals surface area contributed by atoms with Crippen LogP contribution in [0.15, 0.2) is 53.2 Å². The molecular formula is C19H19N5O4S. The minimum Gasteiger partial charge on any atom is -0.494 e. The summed E-state index contributed by atoms with van der Waals surface area (Å²) in [6.45, 7) is 1.93. The van der Waals surface area contributed by atoms with Crippen molar-refractivity contribution in [2.75, 3.05) is 19.5 Å². The van der Waals surface area contributed by atoms with E-state index in [-0.39, 0.29) is 22.3 Å². The Kier molecular flexibility index (Phi) is 4.42. The van der Waals surface area contributed by atoms with Crippen molar-refractivity contribution in [1.82, 2.24) is 19.3 Å². The predicted molar refractivity (Wildman–Crippen MR) is 107 cm³/mol. The molecule has 3 heterocycles. The van der Waals surface area contributed by atoms with E-state index in [1.807, 2.05) is 19.1 Å². The summed E-state index contributed by atoms with van der Waals surface area (Å²) in [6, 6.07) is 10.2. The maximum atomic E-state index is 13.0. The van der Waals surface area contributed by atoms with Gasteiger partial charge >= 0.3 is 0 Å². The van der Waals surface area contributed by atoms with Gasteiger partial charge in [-0.1, -0.05) is 12.1 Å². The highest BCUT2D eigenvalue weighted by Gasteiger charge is 2.38. The van der Waals surface area contributed by atoms with Gasteiger partial charge in [-0.2, -0.15) is 0 Å². The van der Waals surface area contributed by atoms with E-state index in [9.17, 15) is 13.2 Å². The fourth-order valence-corrected chi connectivity index (χ4v) is 4.61. The number of aryl methyl sites for hydroxylation is 1. The van der Waals surface area contributed by atoms with Crippen LogP contribution < -0.4 is 5.32 Å². The molecule has 0 saturated carbocycles.